The molecule has 0 bridgehead atoms. The number of primary amides is 1. The molecular formula is C28H38ClN5O4S. The minimum absolute atomic E-state index is 0.158. The summed E-state index contributed by atoms with van der Waals surface area (Å²) in [6.45, 7) is 5.02. The molecule has 1 saturated heterocycles. The molecule has 2 aliphatic rings. The highest BCUT2D eigenvalue weighted by Gasteiger charge is 2.30. The first-order valence-corrected chi connectivity index (χ1v) is 15.0. The topological polar surface area (TPSA) is 127 Å². The summed E-state index contributed by atoms with van der Waals surface area (Å²) in [5, 5.41) is 7.49. The first-order chi connectivity index (χ1) is 18.8. The van der Waals surface area contributed by atoms with Crippen LogP contribution in [0.15, 0.2) is 29.8 Å². The highest BCUT2D eigenvalue weighted by atomic mass is 35.5. The lowest BCUT2D eigenvalue weighted by Crippen LogP contribution is -2.52. The molecule has 0 unspecified atom stereocenters. The van der Waals surface area contributed by atoms with E-state index in [0.29, 0.717) is 42.7 Å². The van der Waals surface area contributed by atoms with Gasteiger partial charge in [0.1, 0.15) is 6.04 Å². The number of benzene rings is 1. The zero-order valence-electron chi connectivity index (χ0n) is 22.4. The van der Waals surface area contributed by atoms with Gasteiger partial charge >= 0.3 is 0 Å². The molecule has 4 rings (SSSR count). The van der Waals surface area contributed by atoms with E-state index in [-0.39, 0.29) is 30.7 Å². The fourth-order valence-corrected chi connectivity index (χ4v) is 6.53. The van der Waals surface area contributed by atoms with Crippen LogP contribution in [0.4, 0.5) is 0 Å². The number of aromatic nitrogens is 1. The Hall–Kier alpha value is -2.53. The molecule has 1 aromatic heterocycles. The fourth-order valence-electron chi connectivity index (χ4n) is 5.24. The van der Waals surface area contributed by atoms with Crippen LogP contribution in [0, 0.1) is 5.92 Å². The molecule has 1 aliphatic heterocycles. The maximum atomic E-state index is 13.6. The number of nitrogens with one attached hydrogen (secondary N) is 2. The maximum absolute atomic E-state index is 13.6. The number of rotatable bonds is 12. The van der Waals surface area contributed by atoms with Crippen molar-refractivity contribution in [2.45, 2.75) is 64.0 Å². The average molecular weight is 576 g/mol. The van der Waals surface area contributed by atoms with E-state index in [1.807, 2.05) is 18.2 Å². The van der Waals surface area contributed by atoms with Gasteiger partial charge in [0.05, 0.1) is 28.4 Å². The van der Waals surface area contributed by atoms with Gasteiger partial charge in [-0.05, 0) is 43.4 Å². The minimum Gasteiger partial charge on any atom is -0.379 e. The second kappa shape index (κ2) is 14.2. The first kappa shape index (κ1) is 29.5. The van der Waals surface area contributed by atoms with Gasteiger partial charge in [-0.25, -0.2) is 4.98 Å². The minimum atomic E-state index is -0.759. The highest BCUT2D eigenvalue weighted by Crippen LogP contribution is 2.30. The highest BCUT2D eigenvalue weighted by molar-refractivity contribution is 7.18. The van der Waals surface area contributed by atoms with E-state index in [4.69, 9.17) is 22.1 Å². The Morgan fingerprint density at radius 3 is 2.67 bits per heavy atom. The number of hydrogen-bond acceptors (Lipinski definition) is 7. The smallest absolute Gasteiger partial charge is 0.245 e. The second-order valence-electron chi connectivity index (χ2n) is 10.3. The van der Waals surface area contributed by atoms with Crippen LogP contribution in [0.25, 0.3) is 10.2 Å². The van der Waals surface area contributed by atoms with Crippen LogP contribution in [0.1, 0.15) is 50.5 Å². The van der Waals surface area contributed by atoms with Crippen molar-refractivity contribution in [2.24, 2.45) is 11.7 Å². The standard InChI is InChI=1S/C28H38ClN5O4S/c1-2-25(35)31-23(16-26-32-22-10-8-20(29)15-24(22)39-26)28(37)33-21(18-5-3-4-6-18)9-7-19(27(30)36)17-34-11-13-38-14-12-34/h7-8,10,15,18,21,23H,2-6,9,11-14,16-17H2,1H3,(H2,30,36)(H,31,35)(H,33,37)/t21-,23-/m0/s1. The monoisotopic (exact) mass is 575 g/mol. The van der Waals surface area contributed by atoms with Gasteiger partial charge in [-0.15, -0.1) is 11.3 Å². The summed E-state index contributed by atoms with van der Waals surface area (Å²) in [6.07, 6.45) is 7.20. The van der Waals surface area contributed by atoms with Gasteiger partial charge in [-0.2, -0.15) is 0 Å². The van der Waals surface area contributed by atoms with E-state index >= 15 is 0 Å². The van der Waals surface area contributed by atoms with Crippen molar-refractivity contribution in [3.63, 3.8) is 0 Å². The van der Waals surface area contributed by atoms with Gasteiger partial charge in [0, 0.05) is 49.1 Å². The lowest BCUT2D eigenvalue weighted by molar-refractivity contribution is -0.129. The molecule has 1 aliphatic carbocycles. The van der Waals surface area contributed by atoms with Crippen LogP contribution in [0.5, 0.6) is 0 Å². The van der Waals surface area contributed by atoms with E-state index in [1.54, 1.807) is 13.0 Å². The number of amides is 3. The largest absolute Gasteiger partial charge is 0.379 e. The Morgan fingerprint density at radius 2 is 1.97 bits per heavy atom. The average Bonchev–Trinajstić information content (AvgIpc) is 3.60. The number of carbonyl (C=O) groups excluding carboxylic acids is 3. The number of morpholine rings is 1. The van der Waals surface area contributed by atoms with Crippen LogP contribution < -0.4 is 16.4 Å². The molecule has 0 radical (unpaired) electrons. The summed E-state index contributed by atoms with van der Waals surface area (Å²) in [7, 11) is 0. The van der Waals surface area contributed by atoms with E-state index in [1.165, 1.54) is 11.3 Å². The van der Waals surface area contributed by atoms with Gasteiger partial charge in [0.15, 0.2) is 0 Å². The number of carbonyl (C=O) groups is 3. The molecule has 2 fully saturated rings. The van der Waals surface area contributed by atoms with Crippen LogP contribution in [0.3, 0.4) is 0 Å². The van der Waals surface area contributed by atoms with Crippen LogP contribution in [-0.2, 0) is 25.5 Å². The van der Waals surface area contributed by atoms with Crippen molar-refractivity contribution in [1.82, 2.24) is 20.5 Å². The summed E-state index contributed by atoms with van der Waals surface area (Å²) in [6, 6.07) is 4.58. The maximum Gasteiger partial charge on any atom is 0.245 e. The Morgan fingerprint density at radius 1 is 1.23 bits per heavy atom. The quantitative estimate of drug-likeness (QED) is 0.334. The van der Waals surface area contributed by atoms with Crippen molar-refractivity contribution in [3.05, 3.63) is 39.9 Å². The SMILES string of the molecule is CCC(=O)N[C@@H](Cc1nc2ccc(Cl)cc2s1)C(=O)N[C@@H](CC=C(CN1CCOCC1)C(N)=O)C1CCCC1. The van der Waals surface area contributed by atoms with Crippen LogP contribution in [0.2, 0.25) is 5.02 Å². The number of nitrogens with zero attached hydrogens (tertiary/aromatic N) is 2. The third-order valence-electron chi connectivity index (χ3n) is 7.48. The second-order valence-corrected chi connectivity index (χ2v) is 11.8. The Balaban J connectivity index is 1.49. The molecule has 2 atom stereocenters. The van der Waals surface area contributed by atoms with Gasteiger partial charge in [0.2, 0.25) is 17.7 Å². The number of fused-ring (bicyclic) bond motifs is 1. The molecule has 212 valence electrons. The van der Waals surface area contributed by atoms with Crippen LogP contribution >= 0.6 is 22.9 Å². The zero-order valence-corrected chi connectivity index (χ0v) is 24.0. The van der Waals surface area contributed by atoms with Crippen LogP contribution in [-0.4, -0.2) is 72.5 Å². The number of thiazole rings is 1. The van der Waals surface area contributed by atoms with Gasteiger partial charge < -0.3 is 21.1 Å². The van der Waals surface area contributed by atoms with Gasteiger partial charge in [-0.3, -0.25) is 19.3 Å². The molecule has 0 spiro atoms. The lowest BCUT2D eigenvalue weighted by Gasteiger charge is -2.28. The van der Waals surface area contributed by atoms with E-state index in [0.717, 1.165) is 54.0 Å². The van der Waals surface area contributed by atoms with Crippen molar-refractivity contribution >= 4 is 50.9 Å². The predicted molar refractivity (Wildman–Crippen MR) is 154 cm³/mol. The van der Waals surface area contributed by atoms with Gasteiger partial charge in [-0.1, -0.05) is 37.4 Å². The van der Waals surface area contributed by atoms with E-state index in [2.05, 4.69) is 20.5 Å². The molecule has 2 aromatic rings. The van der Waals surface area contributed by atoms with Crippen molar-refractivity contribution in [1.29, 1.82) is 0 Å². The number of ether oxygens (including phenoxy) is 1. The first-order valence-electron chi connectivity index (χ1n) is 13.8. The van der Waals surface area contributed by atoms with Crippen molar-refractivity contribution < 1.29 is 19.1 Å². The molecule has 39 heavy (non-hydrogen) atoms. The third kappa shape index (κ3) is 8.48. The fraction of sp³-hybridized carbons (Fsp3) is 0.571. The van der Waals surface area contributed by atoms with E-state index in [9.17, 15) is 14.4 Å². The molecule has 11 heteroatoms. The zero-order chi connectivity index (χ0) is 27.8. The Bertz CT molecular complexity index is 1190. The summed E-state index contributed by atoms with van der Waals surface area (Å²) >= 11 is 7.60. The molecule has 1 saturated carbocycles. The lowest BCUT2D eigenvalue weighted by atomic mass is 9.93. The molecular weight excluding hydrogens is 538 g/mol. The number of halogens is 1. The normalized spacial score (nSPS) is 18.7. The van der Waals surface area contributed by atoms with Gasteiger partial charge in [0.25, 0.3) is 0 Å². The third-order valence-corrected chi connectivity index (χ3v) is 8.75. The molecule has 3 amide bonds. The van der Waals surface area contributed by atoms with E-state index < -0.39 is 11.9 Å². The Labute approximate surface area is 238 Å². The predicted octanol–water partition coefficient (Wildman–Crippen LogP) is 3.20. The summed E-state index contributed by atoms with van der Waals surface area (Å²) in [5.74, 6) is -0.580. The molecule has 4 N–H and O–H groups in total. The van der Waals surface area contributed by atoms with Crippen molar-refractivity contribution in [2.75, 3.05) is 32.8 Å². The number of nitrogens with two attached hydrogens (primary N) is 1. The summed E-state index contributed by atoms with van der Waals surface area (Å²) in [5.41, 5.74) is 7.09. The van der Waals surface area contributed by atoms with Crippen molar-refractivity contribution in [3.8, 4) is 0 Å². The molecule has 1 aromatic carbocycles. The number of hydrogen-bond donors (Lipinski definition) is 3. The summed E-state index contributed by atoms with van der Waals surface area (Å²) in [4.78, 5) is 45.0. The molecule has 2 heterocycles. The molecule has 9 nitrogen and oxygen atoms in total. The summed E-state index contributed by atoms with van der Waals surface area (Å²) < 4.78 is 6.35. The Kier molecular flexibility index (Phi) is 10.7.